The van der Waals surface area contributed by atoms with Crippen LogP contribution in [-0.4, -0.2) is 25.9 Å². The van der Waals surface area contributed by atoms with Gasteiger partial charge < -0.3 is 9.73 Å². The fourth-order valence-electron chi connectivity index (χ4n) is 2.36. The zero-order valence-corrected chi connectivity index (χ0v) is 15.4. The van der Waals surface area contributed by atoms with Crippen molar-refractivity contribution in [1.82, 2.24) is 9.71 Å². The third-order valence-electron chi connectivity index (χ3n) is 3.53. The summed E-state index contributed by atoms with van der Waals surface area (Å²) in [6.07, 6.45) is -0.0182. The molecular formula is C17H16ClN3O4S. The van der Waals surface area contributed by atoms with E-state index in [1.54, 1.807) is 37.3 Å². The van der Waals surface area contributed by atoms with E-state index in [0.717, 1.165) is 0 Å². The molecule has 9 heteroatoms. The Kier molecular flexibility index (Phi) is 5.26. The van der Waals surface area contributed by atoms with Crippen molar-refractivity contribution in [3.05, 3.63) is 53.4 Å². The lowest BCUT2D eigenvalue weighted by Gasteiger charge is -2.08. The molecule has 0 unspecified atom stereocenters. The first-order valence-corrected chi connectivity index (χ1v) is 9.62. The maximum Gasteiger partial charge on any atom is 0.240 e. The first-order chi connectivity index (χ1) is 12.3. The number of nitrogens with one attached hydrogen (secondary N) is 2. The first-order valence-electron chi connectivity index (χ1n) is 7.76. The van der Waals surface area contributed by atoms with Crippen LogP contribution >= 0.6 is 11.6 Å². The second-order valence-corrected chi connectivity index (χ2v) is 7.77. The standard InChI is InChI=1S/C17H16ClN3O4S/c1-11-20-15-10-13(5-6-16(15)25-11)21-17(22)7-8-19-26(23,24)14-4-2-3-12(18)9-14/h2-6,9-10,19H,7-8H2,1H3,(H,21,22). The van der Waals surface area contributed by atoms with Crippen molar-refractivity contribution < 1.29 is 17.6 Å². The van der Waals surface area contributed by atoms with Gasteiger partial charge in [-0.3, -0.25) is 4.79 Å². The van der Waals surface area contributed by atoms with Crippen molar-refractivity contribution in [1.29, 1.82) is 0 Å². The third-order valence-corrected chi connectivity index (χ3v) is 5.22. The van der Waals surface area contributed by atoms with E-state index >= 15 is 0 Å². The predicted octanol–water partition coefficient (Wildman–Crippen LogP) is 3.10. The van der Waals surface area contributed by atoms with Crippen molar-refractivity contribution in [2.45, 2.75) is 18.2 Å². The zero-order valence-electron chi connectivity index (χ0n) is 13.8. The molecule has 0 aliphatic rings. The topological polar surface area (TPSA) is 101 Å². The summed E-state index contributed by atoms with van der Waals surface area (Å²) >= 11 is 5.80. The van der Waals surface area contributed by atoms with Gasteiger partial charge in [0, 0.05) is 30.6 Å². The van der Waals surface area contributed by atoms with Crippen molar-refractivity contribution in [3.8, 4) is 0 Å². The largest absolute Gasteiger partial charge is 0.441 e. The number of hydrogen-bond acceptors (Lipinski definition) is 5. The van der Waals surface area contributed by atoms with Gasteiger partial charge in [-0.2, -0.15) is 0 Å². The van der Waals surface area contributed by atoms with E-state index in [9.17, 15) is 13.2 Å². The Morgan fingerprint density at radius 2 is 2.04 bits per heavy atom. The highest BCUT2D eigenvalue weighted by Gasteiger charge is 2.14. The van der Waals surface area contributed by atoms with E-state index < -0.39 is 10.0 Å². The summed E-state index contributed by atoms with van der Waals surface area (Å²) in [7, 11) is -3.71. The molecule has 0 atom stereocenters. The fraction of sp³-hybridized carbons (Fsp3) is 0.176. The SMILES string of the molecule is Cc1nc2cc(NC(=O)CCNS(=O)(=O)c3cccc(Cl)c3)ccc2o1. The second-order valence-electron chi connectivity index (χ2n) is 5.57. The molecule has 26 heavy (non-hydrogen) atoms. The number of oxazole rings is 1. The third kappa shape index (κ3) is 4.40. The van der Waals surface area contributed by atoms with Gasteiger partial charge in [0.25, 0.3) is 0 Å². The second kappa shape index (κ2) is 7.45. The average molecular weight is 394 g/mol. The molecule has 0 spiro atoms. The van der Waals surface area contributed by atoms with Crippen molar-refractivity contribution in [2.24, 2.45) is 0 Å². The van der Waals surface area contributed by atoms with Gasteiger partial charge in [-0.1, -0.05) is 17.7 Å². The van der Waals surface area contributed by atoms with Gasteiger partial charge >= 0.3 is 0 Å². The Morgan fingerprint density at radius 3 is 2.81 bits per heavy atom. The lowest BCUT2D eigenvalue weighted by Crippen LogP contribution is -2.27. The number of carbonyl (C=O) groups excluding carboxylic acids is 1. The van der Waals surface area contributed by atoms with Crippen LogP contribution < -0.4 is 10.0 Å². The van der Waals surface area contributed by atoms with Crippen LogP contribution in [0, 0.1) is 6.92 Å². The van der Waals surface area contributed by atoms with Crippen molar-refractivity contribution in [2.75, 3.05) is 11.9 Å². The van der Waals surface area contributed by atoms with Gasteiger partial charge in [0.2, 0.25) is 15.9 Å². The smallest absolute Gasteiger partial charge is 0.240 e. The highest BCUT2D eigenvalue weighted by Crippen LogP contribution is 2.20. The van der Waals surface area contributed by atoms with Gasteiger partial charge in [0.1, 0.15) is 5.52 Å². The molecule has 2 N–H and O–H groups in total. The molecule has 0 fully saturated rings. The summed E-state index contributed by atoms with van der Waals surface area (Å²) in [5.41, 5.74) is 1.84. The lowest BCUT2D eigenvalue weighted by molar-refractivity contribution is -0.116. The van der Waals surface area contributed by atoms with Crippen molar-refractivity contribution in [3.63, 3.8) is 0 Å². The quantitative estimate of drug-likeness (QED) is 0.670. The van der Waals surface area contributed by atoms with Gasteiger partial charge in [-0.05, 0) is 36.4 Å². The Labute approximate surface area is 155 Å². The van der Waals surface area contributed by atoms with Gasteiger partial charge in [-0.15, -0.1) is 0 Å². The van der Waals surface area contributed by atoms with Gasteiger partial charge in [0.05, 0.1) is 4.90 Å². The van der Waals surface area contributed by atoms with Gasteiger partial charge in [0.15, 0.2) is 11.5 Å². The van der Waals surface area contributed by atoms with E-state index in [1.165, 1.54) is 12.1 Å². The molecule has 3 aromatic rings. The van der Waals surface area contributed by atoms with Crippen LogP contribution in [0.3, 0.4) is 0 Å². The number of carbonyl (C=O) groups is 1. The molecule has 2 aromatic carbocycles. The number of amides is 1. The lowest BCUT2D eigenvalue weighted by atomic mass is 10.2. The number of aryl methyl sites for hydroxylation is 1. The Bertz CT molecular complexity index is 1060. The van der Waals surface area contributed by atoms with Crippen LogP contribution in [0.2, 0.25) is 5.02 Å². The summed E-state index contributed by atoms with van der Waals surface area (Å²) in [5, 5.41) is 3.03. The van der Waals surface area contributed by atoms with Crippen LogP contribution in [0.1, 0.15) is 12.3 Å². The van der Waals surface area contributed by atoms with Crippen LogP contribution in [-0.2, 0) is 14.8 Å². The van der Waals surface area contributed by atoms with E-state index in [2.05, 4.69) is 15.0 Å². The molecule has 0 radical (unpaired) electrons. The number of sulfonamides is 1. The summed E-state index contributed by atoms with van der Waals surface area (Å²) in [5.74, 6) is 0.220. The molecule has 136 valence electrons. The maximum absolute atomic E-state index is 12.2. The molecule has 1 heterocycles. The summed E-state index contributed by atoms with van der Waals surface area (Å²) in [6, 6.07) is 11.0. The molecule has 3 rings (SSSR count). The normalized spacial score (nSPS) is 11.6. The molecule has 0 saturated heterocycles. The highest BCUT2D eigenvalue weighted by atomic mass is 35.5. The molecule has 7 nitrogen and oxygen atoms in total. The number of rotatable bonds is 6. The minimum absolute atomic E-state index is 0.0182. The predicted molar refractivity (Wildman–Crippen MR) is 98.6 cm³/mol. The van der Waals surface area contributed by atoms with E-state index in [4.69, 9.17) is 16.0 Å². The molecule has 1 aromatic heterocycles. The Morgan fingerprint density at radius 1 is 1.23 bits per heavy atom. The highest BCUT2D eigenvalue weighted by molar-refractivity contribution is 7.89. The van der Waals surface area contributed by atoms with Gasteiger partial charge in [-0.25, -0.2) is 18.1 Å². The molecule has 0 saturated carbocycles. The number of benzene rings is 2. The van der Waals surface area contributed by atoms with Crippen molar-refractivity contribution >= 4 is 44.3 Å². The van der Waals surface area contributed by atoms with E-state index in [1.807, 2.05) is 0 Å². The maximum atomic E-state index is 12.2. The average Bonchev–Trinajstić information content (AvgIpc) is 2.94. The number of nitrogens with zero attached hydrogens (tertiary/aromatic N) is 1. The number of halogens is 1. The van der Waals surface area contributed by atoms with Crippen LogP contribution in [0.15, 0.2) is 51.8 Å². The van der Waals surface area contributed by atoms with Crippen LogP contribution in [0.4, 0.5) is 5.69 Å². The number of fused-ring (bicyclic) bond motifs is 1. The molecule has 0 aliphatic heterocycles. The summed E-state index contributed by atoms with van der Waals surface area (Å²) < 4.78 is 32.1. The van der Waals surface area contributed by atoms with Crippen LogP contribution in [0.25, 0.3) is 11.1 Å². The fourth-order valence-corrected chi connectivity index (χ4v) is 3.69. The minimum Gasteiger partial charge on any atom is -0.441 e. The summed E-state index contributed by atoms with van der Waals surface area (Å²) in [4.78, 5) is 16.3. The number of aromatic nitrogens is 1. The van der Waals surface area contributed by atoms with Crippen LogP contribution in [0.5, 0.6) is 0 Å². The van der Waals surface area contributed by atoms with E-state index in [-0.39, 0.29) is 23.8 Å². The Hall–Kier alpha value is -2.42. The number of hydrogen-bond donors (Lipinski definition) is 2. The number of anilines is 1. The summed E-state index contributed by atoms with van der Waals surface area (Å²) in [6.45, 7) is 1.70. The Balaban J connectivity index is 1.56. The monoisotopic (exact) mass is 393 g/mol. The molecule has 0 aliphatic carbocycles. The first kappa shape index (κ1) is 18.4. The minimum atomic E-state index is -3.71. The zero-order chi connectivity index (χ0) is 18.7. The molecule has 1 amide bonds. The molecule has 0 bridgehead atoms. The molecular weight excluding hydrogens is 378 g/mol. The van der Waals surface area contributed by atoms with E-state index in [0.29, 0.717) is 27.7 Å².